The number of carbonyl (C=O) groups excluding carboxylic acids is 1. The number of rotatable bonds is 8. The highest BCUT2D eigenvalue weighted by Gasteiger charge is 2.34. The average Bonchev–Trinajstić information content (AvgIpc) is 3.59. The lowest BCUT2D eigenvalue weighted by Crippen LogP contribution is -2.39. The van der Waals surface area contributed by atoms with Crippen molar-refractivity contribution in [2.75, 3.05) is 6.61 Å². The van der Waals surface area contributed by atoms with Crippen molar-refractivity contribution < 1.29 is 9.53 Å². The number of ether oxygens (including phenoxy) is 1. The molecule has 0 saturated carbocycles. The SMILES string of the molecule is C=CCn1cc(/C=c2/sc3n(c2=O)C(c2cccs2)C(C(=O)OCC)=C(CCC)N=3)c2ccccc21. The number of esters is 1. The molecule has 0 amide bonds. The standard InChI is InChI=1S/C28H27N3O3S2/c1-4-10-20-24(27(33)34-6-3)25(22-13-9-15-35-22)31-26(32)23(36-28(31)29-20)16-18-17-30(14-5-2)21-12-8-7-11-19(18)21/h5,7-9,11-13,15-17,25H,2,4,6,10,14H2,1,3H3/b23-16+. The van der Waals surface area contributed by atoms with Gasteiger partial charge in [-0.2, -0.15) is 0 Å². The quantitative estimate of drug-likeness (QED) is 0.250. The third-order valence-corrected chi connectivity index (χ3v) is 8.04. The van der Waals surface area contributed by atoms with Crippen LogP contribution in [0.2, 0.25) is 0 Å². The number of nitrogens with zero attached hydrogens (tertiary/aromatic N) is 3. The molecular weight excluding hydrogens is 490 g/mol. The van der Waals surface area contributed by atoms with Gasteiger partial charge in [0.05, 0.1) is 22.4 Å². The highest BCUT2D eigenvalue weighted by atomic mass is 32.1. The van der Waals surface area contributed by atoms with Crippen LogP contribution in [0.1, 0.15) is 43.2 Å². The van der Waals surface area contributed by atoms with Crippen LogP contribution < -0.4 is 14.9 Å². The van der Waals surface area contributed by atoms with Crippen LogP contribution in [-0.4, -0.2) is 21.7 Å². The normalized spacial score (nSPS) is 15.7. The van der Waals surface area contributed by atoms with Crippen LogP contribution in [0.3, 0.4) is 0 Å². The van der Waals surface area contributed by atoms with E-state index in [1.807, 2.05) is 48.0 Å². The number of para-hydroxylation sites is 1. The number of allylic oxidation sites excluding steroid dienone is 2. The topological polar surface area (TPSA) is 65.6 Å². The molecule has 0 radical (unpaired) electrons. The van der Waals surface area contributed by atoms with E-state index in [2.05, 4.69) is 30.2 Å². The van der Waals surface area contributed by atoms with Crippen molar-refractivity contribution in [3.8, 4) is 0 Å². The second kappa shape index (κ2) is 10.2. The largest absolute Gasteiger partial charge is 0.463 e. The first-order chi connectivity index (χ1) is 17.6. The summed E-state index contributed by atoms with van der Waals surface area (Å²) in [6.07, 6.45) is 7.31. The van der Waals surface area contributed by atoms with Crippen LogP contribution in [-0.2, 0) is 16.1 Å². The molecule has 4 heterocycles. The number of benzene rings is 1. The van der Waals surface area contributed by atoms with Crippen molar-refractivity contribution in [3.63, 3.8) is 0 Å². The molecule has 0 bridgehead atoms. The predicted molar refractivity (Wildman–Crippen MR) is 146 cm³/mol. The Balaban J connectivity index is 1.75. The number of carbonyl (C=O) groups is 1. The Labute approximate surface area is 216 Å². The minimum absolute atomic E-state index is 0.157. The Morgan fingerprint density at radius 2 is 2.06 bits per heavy atom. The molecule has 3 aromatic heterocycles. The molecule has 36 heavy (non-hydrogen) atoms. The summed E-state index contributed by atoms with van der Waals surface area (Å²) in [4.78, 5) is 33.4. The van der Waals surface area contributed by atoms with Crippen LogP contribution in [0.4, 0.5) is 0 Å². The maximum absolute atomic E-state index is 13.9. The van der Waals surface area contributed by atoms with E-state index in [0.717, 1.165) is 27.8 Å². The summed E-state index contributed by atoms with van der Waals surface area (Å²) in [7, 11) is 0. The first kappa shape index (κ1) is 24.2. The third kappa shape index (κ3) is 4.20. The molecule has 0 aliphatic carbocycles. The summed E-state index contributed by atoms with van der Waals surface area (Å²) < 4.78 is 9.80. The fourth-order valence-electron chi connectivity index (χ4n) is 4.66. The molecule has 0 N–H and O–H groups in total. The van der Waals surface area contributed by atoms with E-state index < -0.39 is 12.0 Å². The molecule has 5 rings (SSSR count). The third-order valence-electron chi connectivity index (χ3n) is 6.14. The van der Waals surface area contributed by atoms with Gasteiger partial charge in [0.25, 0.3) is 5.56 Å². The van der Waals surface area contributed by atoms with E-state index in [9.17, 15) is 9.59 Å². The predicted octanol–water partition coefficient (Wildman–Crippen LogP) is 4.78. The summed E-state index contributed by atoms with van der Waals surface area (Å²) in [5.41, 5.74) is 3.05. The molecule has 1 atom stereocenters. The minimum Gasteiger partial charge on any atom is -0.463 e. The molecule has 1 aliphatic heterocycles. The Morgan fingerprint density at radius 3 is 2.78 bits per heavy atom. The van der Waals surface area contributed by atoms with Gasteiger partial charge in [-0.3, -0.25) is 9.36 Å². The van der Waals surface area contributed by atoms with Gasteiger partial charge in [0.15, 0.2) is 4.80 Å². The Bertz CT molecular complexity index is 1650. The molecule has 0 saturated heterocycles. The van der Waals surface area contributed by atoms with Gasteiger partial charge in [0, 0.05) is 34.1 Å². The van der Waals surface area contributed by atoms with Gasteiger partial charge in [-0.1, -0.05) is 55.0 Å². The van der Waals surface area contributed by atoms with Crippen molar-refractivity contribution in [2.24, 2.45) is 4.99 Å². The molecule has 8 heteroatoms. The smallest absolute Gasteiger partial charge is 0.338 e. The summed E-state index contributed by atoms with van der Waals surface area (Å²) in [5, 5.41) is 3.03. The highest BCUT2D eigenvalue weighted by Crippen LogP contribution is 2.34. The van der Waals surface area contributed by atoms with Crippen LogP contribution in [0.25, 0.3) is 17.0 Å². The summed E-state index contributed by atoms with van der Waals surface area (Å²) >= 11 is 2.89. The maximum atomic E-state index is 13.9. The minimum atomic E-state index is -0.550. The zero-order valence-corrected chi connectivity index (χ0v) is 21.9. The van der Waals surface area contributed by atoms with Crippen LogP contribution in [0.15, 0.2) is 81.7 Å². The molecule has 1 aliphatic rings. The molecular formula is C28H27N3O3S2. The van der Waals surface area contributed by atoms with Gasteiger partial charge in [-0.15, -0.1) is 17.9 Å². The monoisotopic (exact) mass is 517 g/mol. The number of hydrogen-bond acceptors (Lipinski definition) is 6. The van der Waals surface area contributed by atoms with Gasteiger partial charge in [-0.05, 0) is 36.9 Å². The molecule has 0 fully saturated rings. The fourth-order valence-corrected chi connectivity index (χ4v) is 6.49. The molecule has 1 aromatic carbocycles. The average molecular weight is 518 g/mol. The van der Waals surface area contributed by atoms with Gasteiger partial charge >= 0.3 is 5.97 Å². The lowest BCUT2D eigenvalue weighted by molar-refractivity contribution is -0.139. The van der Waals surface area contributed by atoms with Crippen molar-refractivity contribution in [3.05, 3.63) is 102 Å². The first-order valence-corrected chi connectivity index (χ1v) is 13.7. The molecule has 1 unspecified atom stereocenters. The van der Waals surface area contributed by atoms with Gasteiger partial charge in [0.1, 0.15) is 6.04 Å². The number of thiophene rings is 1. The van der Waals surface area contributed by atoms with Crippen LogP contribution in [0.5, 0.6) is 0 Å². The Kier molecular flexibility index (Phi) is 6.89. The van der Waals surface area contributed by atoms with Crippen molar-refractivity contribution >= 4 is 45.6 Å². The first-order valence-electron chi connectivity index (χ1n) is 12.0. The number of aromatic nitrogens is 2. The highest BCUT2D eigenvalue weighted by molar-refractivity contribution is 7.10. The second-order valence-electron chi connectivity index (χ2n) is 8.47. The van der Waals surface area contributed by atoms with E-state index in [1.54, 1.807) is 11.5 Å². The van der Waals surface area contributed by atoms with E-state index in [1.165, 1.54) is 22.7 Å². The lowest BCUT2D eigenvalue weighted by atomic mass is 9.99. The van der Waals surface area contributed by atoms with Gasteiger partial charge in [-0.25, -0.2) is 9.79 Å². The number of fused-ring (bicyclic) bond motifs is 2. The molecule has 0 spiro atoms. The van der Waals surface area contributed by atoms with Crippen LogP contribution in [0, 0.1) is 0 Å². The van der Waals surface area contributed by atoms with E-state index in [0.29, 0.717) is 33.6 Å². The molecule has 184 valence electrons. The van der Waals surface area contributed by atoms with Gasteiger partial charge in [0.2, 0.25) is 0 Å². The summed E-state index contributed by atoms with van der Waals surface area (Å²) in [6.45, 7) is 8.65. The Hall–Kier alpha value is -3.49. The molecule has 4 aromatic rings. The van der Waals surface area contributed by atoms with Crippen molar-refractivity contribution in [2.45, 2.75) is 39.3 Å². The van der Waals surface area contributed by atoms with Crippen molar-refractivity contribution in [1.82, 2.24) is 9.13 Å². The zero-order valence-electron chi connectivity index (χ0n) is 20.3. The number of thiazole rings is 1. The molecule has 6 nitrogen and oxygen atoms in total. The van der Waals surface area contributed by atoms with E-state index >= 15 is 0 Å². The van der Waals surface area contributed by atoms with Crippen LogP contribution >= 0.6 is 22.7 Å². The summed E-state index contributed by atoms with van der Waals surface area (Å²) in [5.74, 6) is -0.412. The Morgan fingerprint density at radius 1 is 1.22 bits per heavy atom. The maximum Gasteiger partial charge on any atom is 0.338 e. The lowest BCUT2D eigenvalue weighted by Gasteiger charge is -2.24. The van der Waals surface area contributed by atoms with E-state index in [-0.39, 0.29) is 12.2 Å². The fraction of sp³-hybridized carbons (Fsp3) is 0.250. The van der Waals surface area contributed by atoms with E-state index in [4.69, 9.17) is 9.73 Å². The van der Waals surface area contributed by atoms with Gasteiger partial charge < -0.3 is 9.30 Å². The zero-order chi connectivity index (χ0) is 25.2. The number of hydrogen-bond donors (Lipinski definition) is 0. The second-order valence-corrected chi connectivity index (χ2v) is 10.5. The van der Waals surface area contributed by atoms with Crippen molar-refractivity contribution in [1.29, 1.82) is 0 Å². The summed E-state index contributed by atoms with van der Waals surface area (Å²) in [6, 6.07) is 11.5.